The van der Waals surface area contributed by atoms with Gasteiger partial charge in [-0.3, -0.25) is 4.79 Å². The number of fused-ring (bicyclic) bond motifs is 1. The number of amides is 1. The minimum absolute atomic E-state index is 0.0167. The largest absolute Gasteiger partial charge is 0.496 e. The Labute approximate surface area is 183 Å². The Morgan fingerprint density at radius 2 is 2.16 bits per heavy atom. The van der Waals surface area contributed by atoms with Crippen molar-refractivity contribution < 1.29 is 18.3 Å². The van der Waals surface area contributed by atoms with E-state index in [9.17, 15) is 9.18 Å². The van der Waals surface area contributed by atoms with Gasteiger partial charge in [-0.15, -0.1) is 0 Å². The van der Waals surface area contributed by atoms with Gasteiger partial charge in [0.05, 0.1) is 12.8 Å². The number of oxazole rings is 1. The summed E-state index contributed by atoms with van der Waals surface area (Å²) < 4.78 is 26.2. The van der Waals surface area contributed by atoms with Gasteiger partial charge in [-0.1, -0.05) is 0 Å². The Balaban J connectivity index is 1.42. The SMILES string of the molecule is COc1ccc(F)cc1-c1ccc2nc(C3CCCN(C(=O)c4ocnc4C)C3)nn2c1. The number of methoxy groups -OCH3 is 1. The van der Waals surface area contributed by atoms with Crippen LogP contribution in [-0.2, 0) is 0 Å². The molecule has 0 bridgehead atoms. The molecule has 8 nitrogen and oxygen atoms in total. The van der Waals surface area contributed by atoms with Crippen LogP contribution in [0.5, 0.6) is 5.75 Å². The molecular weight excluding hydrogens is 413 g/mol. The predicted octanol–water partition coefficient (Wildman–Crippen LogP) is 3.86. The third kappa shape index (κ3) is 3.59. The van der Waals surface area contributed by atoms with E-state index in [4.69, 9.17) is 9.15 Å². The predicted molar refractivity (Wildman–Crippen MR) is 114 cm³/mol. The number of ether oxygens (including phenoxy) is 1. The number of halogens is 1. The van der Waals surface area contributed by atoms with E-state index in [1.807, 2.05) is 18.3 Å². The maximum Gasteiger partial charge on any atom is 0.291 e. The summed E-state index contributed by atoms with van der Waals surface area (Å²) in [7, 11) is 1.55. The van der Waals surface area contributed by atoms with Gasteiger partial charge in [0, 0.05) is 36.3 Å². The summed E-state index contributed by atoms with van der Waals surface area (Å²) in [6.07, 6.45) is 4.84. The average molecular weight is 435 g/mol. The summed E-state index contributed by atoms with van der Waals surface area (Å²) in [6.45, 7) is 2.93. The fraction of sp³-hybridized carbons (Fsp3) is 0.304. The van der Waals surface area contributed by atoms with Crippen molar-refractivity contribution in [2.75, 3.05) is 20.2 Å². The van der Waals surface area contributed by atoms with Crippen LogP contribution in [0.2, 0.25) is 0 Å². The summed E-state index contributed by atoms with van der Waals surface area (Å²) in [4.78, 5) is 23.3. The second kappa shape index (κ2) is 8.07. The fourth-order valence-electron chi connectivity index (χ4n) is 4.16. The van der Waals surface area contributed by atoms with Crippen molar-refractivity contribution in [3.63, 3.8) is 0 Å². The molecule has 4 aromatic rings. The van der Waals surface area contributed by atoms with Crippen molar-refractivity contribution in [1.82, 2.24) is 24.5 Å². The molecule has 0 saturated carbocycles. The van der Waals surface area contributed by atoms with Crippen LogP contribution < -0.4 is 4.74 Å². The van der Waals surface area contributed by atoms with Crippen LogP contribution in [0.4, 0.5) is 4.39 Å². The average Bonchev–Trinajstić information content (AvgIpc) is 3.44. The van der Waals surface area contributed by atoms with E-state index >= 15 is 0 Å². The van der Waals surface area contributed by atoms with Gasteiger partial charge in [0.1, 0.15) is 11.6 Å². The summed E-state index contributed by atoms with van der Waals surface area (Å²) in [6, 6.07) is 8.12. The highest BCUT2D eigenvalue weighted by atomic mass is 19.1. The Hall–Kier alpha value is -3.75. The molecule has 5 rings (SSSR count). The quantitative estimate of drug-likeness (QED) is 0.484. The molecular formula is C23H22FN5O3. The third-order valence-electron chi connectivity index (χ3n) is 5.83. The Bertz CT molecular complexity index is 1300. The van der Waals surface area contributed by atoms with Crippen molar-refractivity contribution in [3.05, 3.63) is 66.0 Å². The standard InChI is InChI=1S/C23H22FN5O3/c1-14-21(32-13-25-14)23(30)28-9-3-4-16(11-28)22-26-20-8-5-15(12-29(20)27-22)18-10-17(24)6-7-19(18)31-2/h5-8,10,12-13,16H,3-4,9,11H2,1-2H3. The summed E-state index contributed by atoms with van der Waals surface area (Å²) in [5.41, 5.74) is 2.69. The second-order valence-corrected chi connectivity index (χ2v) is 7.89. The first kappa shape index (κ1) is 20.2. The molecule has 3 aromatic heterocycles. The molecule has 0 N–H and O–H groups in total. The van der Waals surface area contributed by atoms with E-state index in [-0.39, 0.29) is 23.4 Å². The number of aryl methyl sites for hydroxylation is 1. The third-order valence-corrected chi connectivity index (χ3v) is 5.83. The highest BCUT2D eigenvalue weighted by molar-refractivity contribution is 5.92. The van der Waals surface area contributed by atoms with E-state index in [1.54, 1.807) is 29.5 Å². The van der Waals surface area contributed by atoms with Crippen LogP contribution in [0.15, 0.2) is 47.3 Å². The number of benzene rings is 1. The number of aromatic nitrogens is 4. The molecule has 1 fully saturated rings. The van der Waals surface area contributed by atoms with E-state index in [1.165, 1.54) is 18.5 Å². The molecule has 164 valence electrons. The highest BCUT2D eigenvalue weighted by Gasteiger charge is 2.30. The number of carbonyl (C=O) groups excluding carboxylic acids is 1. The van der Waals surface area contributed by atoms with Crippen molar-refractivity contribution in [2.24, 2.45) is 0 Å². The maximum atomic E-state index is 13.8. The second-order valence-electron chi connectivity index (χ2n) is 7.89. The van der Waals surface area contributed by atoms with Gasteiger partial charge in [-0.05, 0) is 50.1 Å². The number of nitrogens with zero attached hydrogens (tertiary/aromatic N) is 5. The molecule has 1 aromatic carbocycles. The first-order chi connectivity index (χ1) is 15.5. The number of hydrogen-bond acceptors (Lipinski definition) is 6. The first-order valence-electron chi connectivity index (χ1n) is 10.4. The van der Waals surface area contributed by atoms with Crippen molar-refractivity contribution >= 4 is 11.6 Å². The zero-order valence-electron chi connectivity index (χ0n) is 17.8. The molecule has 0 radical (unpaired) electrons. The maximum absolute atomic E-state index is 13.8. The molecule has 1 amide bonds. The van der Waals surface area contributed by atoms with Gasteiger partial charge in [0.25, 0.3) is 5.91 Å². The lowest BCUT2D eigenvalue weighted by Crippen LogP contribution is -2.39. The van der Waals surface area contributed by atoms with E-state index in [0.717, 1.165) is 18.4 Å². The van der Waals surface area contributed by atoms with E-state index in [0.29, 0.717) is 41.6 Å². The summed E-state index contributed by atoms with van der Waals surface area (Å²) in [5.74, 6) is 1.06. The lowest BCUT2D eigenvalue weighted by Gasteiger charge is -2.30. The fourth-order valence-corrected chi connectivity index (χ4v) is 4.16. The number of pyridine rings is 1. The smallest absolute Gasteiger partial charge is 0.291 e. The number of carbonyl (C=O) groups is 1. The normalized spacial score (nSPS) is 16.5. The Kier molecular flexibility index (Phi) is 5.08. The van der Waals surface area contributed by atoms with Gasteiger partial charge in [-0.2, -0.15) is 5.10 Å². The van der Waals surface area contributed by atoms with Gasteiger partial charge in [0.2, 0.25) is 5.76 Å². The molecule has 0 aliphatic carbocycles. The zero-order chi connectivity index (χ0) is 22.2. The zero-order valence-corrected chi connectivity index (χ0v) is 17.8. The summed E-state index contributed by atoms with van der Waals surface area (Å²) in [5, 5.41) is 4.67. The molecule has 4 heterocycles. The molecule has 1 unspecified atom stereocenters. The van der Waals surface area contributed by atoms with Crippen LogP contribution in [0.1, 0.15) is 40.8 Å². The molecule has 1 saturated heterocycles. The first-order valence-corrected chi connectivity index (χ1v) is 10.4. The Morgan fingerprint density at radius 3 is 2.94 bits per heavy atom. The highest BCUT2D eigenvalue weighted by Crippen LogP contribution is 2.31. The molecule has 32 heavy (non-hydrogen) atoms. The van der Waals surface area contributed by atoms with Crippen molar-refractivity contribution in [2.45, 2.75) is 25.7 Å². The molecule has 1 atom stereocenters. The summed E-state index contributed by atoms with van der Waals surface area (Å²) >= 11 is 0. The number of rotatable bonds is 4. The van der Waals surface area contributed by atoms with Crippen molar-refractivity contribution in [3.8, 4) is 16.9 Å². The lowest BCUT2D eigenvalue weighted by atomic mass is 9.97. The van der Waals surface area contributed by atoms with Crippen LogP contribution >= 0.6 is 0 Å². The topological polar surface area (TPSA) is 85.8 Å². The molecule has 1 aliphatic heterocycles. The molecule has 1 aliphatic rings. The minimum Gasteiger partial charge on any atom is -0.496 e. The van der Waals surface area contributed by atoms with Gasteiger partial charge < -0.3 is 14.1 Å². The number of piperidine rings is 1. The van der Waals surface area contributed by atoms with Gasteiger partial charge in [-0.25, -0.2) is 18.9 Å². The van der Waals surface area contributed by atoms with Gasteiger partial charge >= 0.3 is 0 Å². The molecule has 9 heteroatoms. The van der Waals surface area contributed by atoms with Gasteiger partial charge in [0.15, 0.2) is 17.9 Å². The van der Waals surface area contributed by atoms with Crippen LogP contribution in [0.3, 0.4) is 0 Å². The van der Waals surface area contributed by atoms with Crippen LogP contribution in [-0.4, -0.2) is 50.6 Å². The number of hydrogen-bond donors (Lipinski definition) is 0. The monoisotopic (exact) mass is 435 g/mol. The number of likely N-dealkylation sites (tertiary alicyclic amines) is 1. The molecule has 0 spiro atoms. The minimum atomic E-state index is -0.339. The van der Waals surface area contributed by atoms with Crippen LogP contribution in [0, 0.1) is 12.7 Å². The van der Waals surface area contributed by atoms with Crippen molar-refractivity contribution in [1.29, 1.82) is 0 Å². The van der Waals surface area contributed by atoms with Crippen LogP contribution in [0.25, 0.3) is 16.8 Å². The Morgan fingerprint density at radius 1 is 1.28 bits per heavy atom. The lowest BCUT2D eigenvalue weighted by molar-refractivity contribution is 0.0671. The van der Waals surface area contributed by atoms with E-state index in [2.05, 4.69) is 15.1 Å². The van der Waals surface area contributed by atoms with E-state index < -0.39 is 0 Å².